The average molecular weight is 240 g/mol. The number of likely N-dealkylation sites (N-methyl/N-ethyl adjacent to an activating group) is 1. The Balaban J connectivity index is 1.90. The molecular formula is C16H20N2. The van der Waals surface area contributed by atoms with E-state index < -0.39 is 0 Å². The van der Waals surface area contributed by atoms with Crippen LogP contribution < -0.4 is 5.32 Å². The first-order valence-corrected chi connectivity index (χ1v) is 6.98. The van der Waals surface area contributed by atoms with Gasteiger partial charge in [0.2, 0.25) is 0 Å². The van der Waals surface area contributed by atoms with Crippen molar-refractivity contribution in [1.29, 1.82) is 0 Å². The zero-order valence-electron chi connectivity index (χ0n) is 11.1. The molecule has 0 fully saturated rings. The van der Waals surface area contributed by atoms with Crippen molar-refractivity contribution in [2.24, 2.45) is 0 Å². The van der Waals surface area contributed by atoms with Gasteiger partial charge < -0.3 is 5.32 Å². The molecular weight excluding hydrogens is 220 g/mol. The maximum absolute atomic E-state index is 3.58. The van der Waals surface area contributed by atoms with Gasteiger partial charge in [0, 0.05) is 36.7 Å². The van der Waals surface area contributed by atoms with Gasteiger partial charge in [0.1, 0.15) is 0 Å². The molecule has 3 aliphatic rings. The van der Waals surface area contributed by atoms with Crippen molar-refractivity contribution in [2.75, 3.05) is 25.5 Å². The van der Waals surface area contributed by atoms with Gasteiger partial charge in [-0.2, -0.15) is 0 Å². The Bertz CT molecular complexity index is 532. The van der Waals surface area contributed by atoms with Crippen molar-refractivity contribution < 1.29 is 0 Å². The van der Waals surface area contributed by atoms with E-state index in [0.717, 1.165) is 19.0 Å². The molecule has 18 heavy (non-hydrogen) atoms. The number of hydrogen-bond acceptors (Lipinski definition) is 2. The molecule has 4 rings (SSSR count). The molecule has 2 aliphatic heterocycles. The van der Waals surface area contributed by atoms with Gasteiger partial charge in [-0.05, 0) is 37.6 Å². The maximum atomic E-state index is 3.58. The Morgan fingerprint density at radius 3 is 3.11 bits per heavy atom. The van der Waals surface area contributed by atoms with Crippen LogP contribution in [0.3, 0.4) is 0 Å². The van der Waals surface area contributed by atoms with Gasteiger partial charge in [0.15, 0.2) is 0 Å². The first kappa shape index (κ1) is 10.6. The summed E-state index contributed by atoms with van der Waals surface area (Å²) in [5, 5.41) is 3.58. The number of nitrogens with zero attached hydrogens (tertiary/aromatic N) is 1. The summed E-state index contributed by atoms with van der Waals surface area (Å²) in [5.74, 6) is 1.33. The first-order valence-electron chi connectivity index (χ1n) is 6.98. The van der Waals surface area contributed by atoms with Crippen LogP contribution in [0, 0.1) is 0 Å². The maximum Gasteiger partial charge on any atom is 0.0379 e. The van der Waals surface area contributed by atoms with E-state index in [1.165, 1.54) is 17.7 Å². The summed E-state index contributed by atoms with van der Waals surface area (Å²) < 4.78 is 0. The minimum absolute atomic E-state index is 0.606. The predicted octanol–water partition coefficient (Wildman–Crippen LogP) is 2.94. The fraction of sp³-hybridized carbons (Fsp3) is 0.500. The van der Waals surface area contributed by atoms with Crippen LogP contribution in [0.15, 0.2) is 29.8 Å². The standard InChI is InChI=1S/C16H20N2/c1-10-6-13-12-4-3-5-14-16(12)11(8-17-14)7-15(13)18(2)9-10/h3-6,11,13,15,17H,7-9H2,1-2H3/t11-,13+,15-/m0/s1. The Morgan fingerprint density at radius 2 is 2.22 bits per heavy atom. The van der Waals surface area contributed by atoms with Crippen molar-refractivity contribution in [1.82, 2.24) is 4.90 Å². The lowest BCUT2D eigenvalue weighted by Crippen LogP contribution is -2.44. The second-order valence-corrected chi connectivity index (χ2v) is 6.14. The molecule has 2 heteroatoms. The third-order valence-corrected chi connectivity index (χ3v) is 4.92. The highest BCUT2D eigenvalue weighted by Gasteiger charge is 2.40. The molecule has 0 saturated heterocycles. The molecule has 1 aromatic rings. The van der Waals surface area contributed by atoms with Crippen molar-refractivity contribution in [2.45, 2.75) is 31.2 Å². The monoisotopic (exact) mass is 240 g/mol. The number of fused-ring (bicyclic) bond motifs is 2. The molecule has 0 amide bonds. The largest absolute Gasteiger partial charge is 0.384 e. The topological polar surface area (TPSA) is 15.3 Å². The zero-order chi connectivity index (χ0) is 12.3. The SMILES string of the molecule is CC1=C[C@@H]2c3cccc4c3[C@H](CN4)C[C@@H]2N(C)C1. The lowest BCUT2D eigenvalue weighted by atomic mass is 9.72. The summed E-state index contributed by atoms with van der Waals surface area (Å²) in [5.41, 5.74) is 6.08. The van der Waals surface area contributed by atoms with Gasteiger partial charge in [-0.15, -0.1) is 0 Å². The molecule has 0 unspecified atom stereocenters. The van der Waals surface area contributed by atoms with Crippen molar-refractivity contribution in [3.05, 3.63) is 41.0 Å². The van der Waals surface area contributed by atoms with Gasteiger partial charge in [-0.3, -0.25) is 4.90 Å². The third kappa shape index (κ3) is 1.33. The van der Waals surface area contributed by atoms with Crippen molar-refractivity contribution >= 4 is 5.69 Å². The molecule has 3 atom stereocenters. The minimum atomic E-state index is 0.606. The van der Waals surface area contributed by atoms with Crippen LogP contribution >= 0.6 is 0 Å². The van der Waals surface area contributed by atoms with Crippen LogP contribution in [-0.4, -0.2) is 31.1 Å². The average Bonchev–Trinajstić information content (AvgIpc) is 2.76. The lowest BCUT2D eigenvalue weighted by Gasteiger charge is -2.43. The predicted molar refractivity (Wildman–Crippen MR) is 75.2 cm³/mol. The molecule has 0 bridgehead atoms. The van der Waals surface area contributed by atoms with Gasteiger partial charge >= 0.3 is 0 Å². The van der Waals surface area contributed by atoms with E-state index in [1.807, 2.05) is 0 Å². The Kier molecular flexibility index (Phi) is 2.13. The molecule has 0 aromatic heterocycles. The van der Waals surface area contributed by atoms with Gasteiger partial charge in [0.05, 0.1) is 0 Å². The molecule has 1 N–H and O–H groups in total. The number of rotatable bonds is 0. The lowest BCUT2D eigenvalue weighted by molar-refractivity contribution is 0.198. The van der Waals surface area contributed by atoms with E-state index in [9.17, 15) is 0 Å². The number of anilines is 1. The van der Waals surface area contributed by atoms with Gasteiger partial charge in [-0.25, -0.2) is 0 Å². The fourth-order valence-electron chi connectivity index (χ4n) is 4.19. The summed E-state index contributed by atoms with van der Waals surface area (Å²) in [4.78, 5) is 2.55. The molecule has 0 spiro atoms. The van der Waals surface area contributed by atoms with Crippen LogP contribution in [-0.2, 0) is 0 Å². The minimum Gasteiger partial charge on any atom is -0.384 e. The summed E-state index contributed by atoms with van der Waals surface area (Å²) in [6.45, 7) is 4.53. The third-order valence-electron chi connectivity index (χ3n) is 4.92. The molecule has 0 saturated carbocycles. The van der Waals surface area contributed by atoms with E-state index in [4.69, 9.17) is 0 Å². The van der Waals surface area contributed by atoms with Crippen LogP contribution in [0.1, 0.15) is 36.3 Å². The highest BCUT2D eigenvalue weighted by molar-refractivity contribution is 5.63. The Morgan fingerprint density at radius 1 is 1.33 bits per heavy atom. The smallest absolute Gasteiger partial charge is 0.0379 e. The highest BCUT2D eigenvalue weighted by Crippen LogP contribution is 2.48. The number of hydrogen-bond donors (Lipinski definition) is 1. The Hall–Kier alpha value is -1.28. The van der Waals surface area contributed by atoms with Crippen LogP contribution in [0.4, 0.5) is 5.69 Å². The molecule has 1 aromatic carbocycles. The van der Waals surface area contributed by atoms with Crippen LogP contribution in [0.5, 0.6) is 0 Å². The molecule has 0 radical (unpaired) electrons. The van der Waals surface area contributed by atoms with Crippen molar-refractivity contribution in [3.8, 4) is 0 Å². The first-order chi connectivity index (χ1) is 8.74. The van der Waals surface area contributed by atoms with E-state index >= 15 is 0 Å². The zero-order valence-corrected chi connectivity index (χ0v) is 11.1. The quantitative estimate of drug-likeness (QED) is 0.701. The normalized spacial score (nSPS) is 33.4. The van der Waals surface area contributed by atoms with E-state index in [0.29, 0.717) is 12.0 Å². The van der Waals surface area contributed by atoms with Crippen LogP contribution in [0.2, 0.25) is 0 Å². The van der Waals surface area contributed by atoms with Gasteiger partial charge in [0.25, 0.3) is 0 Å². The van der Waals surface area contributed by atoms with E-state index in [-0.39, 0.29) is 0 Å². The number of benzene rings is 1. The van der Waals surface area contributed by atoms with Crippen molar-refractivity contribution in [3.63, 3.8) is 0 Å². The van der Waals surface area contributed by atoms with Gasteiger partial charge in [-0.1, -0.05) is 23.8 Å². The summed E-state index contributed by atoms with van der Waals surface area (Å²) in [6, 6.07) is 7.49. The number of nitrogens with one attached hydrogen (secondary N) is 1. The fourth-order valence-corrected chi connectivity index (χ4v) is 4.19. The molecule has 2 nitrogen and oxygen atoms in total. The van der Waals surface area contributed by atoms with Crippen LogP contribution in [0.25, 0.3) is 0 Å². The highest BCUT2D eigenvalue weighted by atomic mass is 15.1. The van der Waals surface area contributed by atoms with E-state index in [2.05, 4.69) is 48.5 Å². The summed E-state index contributed by atoms with van der Waals surface area (Å²) >= 11 is 0. The second-order valence-electron chi connectivity index (χ2n) is 6.14. The molecule has 94 valence electrons. The van der Waals surface area contributed by atoms with E-state index in [1.54, 1.807) is 11.1 Å². The molecule has 2 heterocycles. The summed E-state index contributed by atoms with van der Waals surface area (Å²) in [6.07, 6.45) is 3.82. The second kappa shape index (κ2) is 3.61. The summed E-state index contributed by atoms with van der Waals surface area (Å²) in [7, 11) is 2.28. The Labute approximate surface area is 109 Å². The molecule has 1 aliphatic carbocycles.